The fraction of sp³-hybridized carbons (Fsp3) is 0.0741. The van der Waals surface area contributed by atoms with Crippen LogP contribution in [0.5, 0.6) is 0 Å². The van der Waals surface area contributed by atoms with Gasteiger partial charge < -0.3 is 9.84 Å². The van der Waals surface area contributed by atoms with E-state index >= 15 is 0 Å². The number of carbonyl (C=O) groups excluding carboxylic acids is 1. The van der Waals surface area contributed by atoms with Crippen molar-refractivity contribution in [3.63, 3.8) is 0 Å². The molecule has 1 atom stereocenters. The number of esters is 1. The van der Waals surface area contributed by atoms with Gasteiger partial charge in [0.15, 0.2) is 0 Å². The Morgan fingerprint density at radius 1 is 0.800 bits per heavy atom. The first kappa shape index (κ1) is 20.5. The van der Waals surface area contributed by atoms with Gasteiger partial charge in [0.1, 0.15) is 6.10 Å². The monoisotopic (exact) mass is 390 g/mol. The molecule has 3 rings (SSSR count). The number of ether oxygens (including phenoxy) is 1. The third kappa shape index (κ3) is 5.63. The Morgan fingerprint density at radius 3 is 2.20 bits per heavy atom. The lowest BCUT2D eigenvalue weighted by Crippen LogP contribution is -2.00. The normalized spacial score (nSPS) is 10.2. The Kier molecular flexibility index (Phi) is 7.07. The second-order valence-electron chi connectivity index (χ2n) is 6.19. The van der Waals surface area contributed by atoms with Crippen LogP contribution in [0.3, 0.4) is 0 Å². The van der Waals surface area contributed by atoms with E-state index in [0.717, 1.165) is 11.1 Å². The first-order valence-electron chi connectivity index (χ1n) is 9.21. The average Bonchev–Trinajstić information content (AvgIpc) is 2.81. The van der Waals surface area contributed by atoms with E-state index in [2.05, 4.69) is 40.3 Å². The zero-order chi connectivity index (χ0) is 21.2. The Morgan fingerprint density at radius 2 is 1.47 bits per heavy atom. The first-order chi connectivity index (χ1) is 14.7. The maximum atomic E-state index is 11.5. The molecule has 0 saturated heterocycles. The van der Waals surface area contributed by atoms with Crippen LogP contribution in [0.4, 0.5) is 0 Å². The minimum absolute atomic E-state index is 0.392. The molecular formula is C27H18O3. The zero-order valence-electron chi connectivity index (χ0n) is 16.3. The largest absolute Gasteiger partial charge is 0.465 e. The van der Waals surface area contributed by atoms with Crippen LogP contribution in [0.2, 0.25) is 0 Å². The molecule has 0 heterocycles. The predicted octanol–water partition coefficient (Wildman–Crippen LogP) is 3.96. The molecule has 1 unspecified atom stereocenters. The molecule has 0 spiro atoms. The van der Waals surface area contributed by atoms with E-state index in [0.29, 0.717) is 16.7 Å². The van der Waals surface area contributed by atoms with E-state index in [1.165, 1.54) is 7.11 Å². The smallest absolute Gasteiger partial charge is 0.337 e. The molecule has 0 aromatic heterocycles. The summed E-state index contributed by atoms with van der Waals surface area (Å²) >= 11 is 0. The highest BCUT2D eigenvalue weighted by atomic mass is 16.5. The zero-order valence-corrected chi connectivity index (χ0v) is 16.3. The summed E-state index contributed by atoms with van der Waals surface area (Å²) in [7, 11) is 1.34. The molecule has 0 aliphatic heterocycles. The van der Waals surface area contributed by atoms with Crippen molar-refractivity contribution < 1.29 is 14.6 Å². The van der Waals surface area contributed by atoms with Crippen molar-refractivity contribution in [2.45, 2.75) is 6.10 Å². The number of aliphatic hydroxyl groups excluding tert-OH is 1. The van der Waals surface area contributed by atoms with Gasteiger partial charge in [-0.2, -0.15) is 0 Å². The molecule has 3 nitrogen and oxygen atoms in total. The standard InChI is InChI=1S/C27H18O3/c1-30-27(29)24-19-16-22(17-20-24)15-18-23-12-6-7-13-25(23)26(28)14-8-5-11-21-9-3-2-4-10-21/h2-4,6-7,9-10,12-13,16-17,19-20,26,28H,1H3. The summed E-state index contributed by atoms with van der Waals surface area (Å²) in [5.41, 5.74) is 3.36. The third-order valence-electron chi connectivity index (χ3n) is 4.15. The van der Waals surface area contributed by atoms with Crippen LogP contribution < -0.4 is 0 Å². The summed E-state index contributed by atoms with van der Waals surface area (Å²) in [5.74, 6) is 16.8. The molecule has 0 fully saturated rings. The molecule has 0 amide bonds. The van der Waals surface area contributed by atoms with Gasteiger partial charge in [0.2, 0.25) is 0 Å². The van der Waals surface area contributed by atoms with Gasteiger partial charge in [-0.15, -0.1) is 0 Å². The molecular weight excluding hydrogens is 372 g/mol. The molecule has 3 aromatic carbocycles. The number of methoxy groups -OCH3 is 1. The van der Waals surface area contributed by atoms with Gasteiger partial charge in [0.25, 0.3) is 0 Å². The van der Waals surface area contributed by atoms with Gasteiger partial charge in [-0.05, 0) is 54.3 Å². The topological polar surface area (TPSA) is 46.5 Å². The number of benzene rings is 3. The summed E-state index contributed by atoms with van der Waals surface area (Å²) in [6.07, 6.45) is -0.998. The lowest BCUT2D eigenvalue weighted by molar-refractivity contribution is 0.0600. The fourth-order valence-electron chi connectivity index (χ4n) is 2.60. The summed E-state index contributed by atoms with van der Waals surface area (Å²) in [4.78, 5) is 11.5. The molecule has 3 heteroatoms. The van der Waals surface area contributed by atoms with E-state index in [1.807, 2.05) is 48.5 Å². The lowest BCUT2D eigenvalue weighted by atomic mass is 10.0. The highest BCUT2D eigenvalue weighted by molar-refractivity contribution is 5.89. The van der Waals surface area contributed by atoms with Gasteiger partial charge >= 0.3 is 5.97 Å². The van der Waals surface area contributed by atoms with Gasteiger partial charge in [0.05, 0.1) is 12.7 Å². The van der Waals surface area contributed by atoms with Crippen molar-refractivity contribution in [3.05, 3.63) is 107 Å². The summed E-state index contributed by atoms with van der Waals surface area (Å²) in [5, 5.41) is 10.5. The van der Waals surface area contributed by atoms with E-state index in [-0.39, 0.29) is 0 Å². The molecule has 3 aromatic rings. The van der Waals surface area contributed by atoms with E-state index < -0.39 is 12.1 Å². The highest BCUT2D eigenvalue weighted by Crippen LogP contribution is 2.17. The van der Waals surface area contributed by atoms with Crippen molar-refractivity contribution in [2.75, 3.05) is 7.11 Å². The average molecular weight is 390 g/mol. The van der Waals surface area contributed by atoms with Crippen LogP contribution in [0.25, 0.3) is 0 Å². The molecule has 0 aliphatic carbocycles. The highest BCUT2D eigenvalue weighted by Gasteiger charge is 2.08. The molecule has 144 valence electrons. The van der Waals surface area contributed by atoms with Crippen LogP contribution in [-0.4, -0.2) is 18.2 Å². The molecule has 0 saturated carbocycles. The van der Waals surface area contributed by atoms with Crippen molar-refractivity contribution in [3.8, 4) is 35.5 Å². The SMILES string of the molecule is COC(=O)c1ccc(C#Cc2ccccc2C(O)C#CC#Cc2ccccc2)cc1. The van der Waals surface area contributed by atoms with Crippen LogP contribution >= 0.6 is 0 Å². The van der Waals surface area contributed by atoms with Gasteiger partial charge in [-0.1, -0.05) is 60.1 Å². The summed E-state index contributed by atoms with van der Waals surface area (Å²) < 4.78 is 4.69. The van der Waals surface area contributed by atoms with Crippen molar-refractivity contribution in [2.24, 2.45) is 0 Å². The molecule has 30 heavy (non-hydrogen) atoms. The van der Waals surface area contributed by atoms with E-state index in [1.54, 1.807) is 30.3 Å². The summed E-state index contributed by atoms with van der Waals surface area (Å²) in [6, 6.07) is 23.6. The van der Waals surface area contributed by atoms with Crippen molar-refractivity contribution >= 4 is 5.97 Å². The van der Waals surface area contributed by atoms with Gasteiger partial charge in [-0.3, -0.25) is 0 Å². The number of carbonyl (C=O) groups is 1. The van der Waals surface area contributed by atoms with Crippen LogP contribution in [0.15, 0.2) is 78.9 Å². The van der Waals surface area contributed by atoms with Crippen molar-refractivity contribution in [1.82, 2.24) is 0 Å². The Bertz CT molecular complexity index is 1210. The number of hydrogen-bond donors (Lipinski definition) is 1. The van der Waals surface area contributed by atoms with Gasteiger partial charge in [-0.25, -0.2) is 4.79 Å². The quantitative estimate of drug-likeness (QED) is 0.532. The molecule has 0 aliphatic rings. The van der Waals surface area contributed by atoms with Crippen LogP contribution in [-0.2, 0) is 4.74 Å². The number of aliphatic hydroxyl groups is 1. The molecule has 0 bridgehead atoms. The molecule has 0 radical (unpaired) electrons. The fourth-order valence-corrected chi connectivity index (χ4v) is 2.60. The predicted molar refractivity (Wildman–Crippen MR) is 116 cm³/mol. The van der Waals surface area contributed by atoms with E-state index in [9.17, 15) is 9.90 Å². The first-order valence-corrected chi connectivity index (χ1v) is 9.21. The number of rotatable bonds is 2. The van der Waals surface area contributed by atoms with Crippen LogP contribution in [0.1, 0.15) is 38.7 Å². The summed E-state index contributed by atoms with van der Waals surface area (Å²) in [6.45, 7) is 0. The minimum Gasteiger partial charge on any atom is -0.465 e. The lowest BCUT2D eigenvalue weighted by Gasteiger charge is -2.06. The third-order valence-corrected chi connectivity index (χ3v) is 4.15. The maximum absolute atomic E-state index is 11.5. The second kappa shape index (κ2) is 10.4. The Hall–Kier alpha value is -4.23. The van der Waals surface area contributed by atoms with E-state index in [4.69, 9.17) is 0 Å². The maximum Gasteiger partial charge on any atom is 0.337 e. The Balaban J connectivity index is 1.77. The molecule has 1 N–H and O–H groups in total. The Labute approximate surface area is 176 Å². The second-order valence-corrected chi connectivity index (χ2v) is 6.19. The van der Waals surface area contributed by atoms with Crippen molar-refractivity contribution in [1.29, 1.82) is 0 Å². The minimum atomic E-state index is -0.998. The van der Waals surface area contributed by atoms with Crippen LogP contribution in [0, 0.1) is 35.5 Å². The number of hydrogen-bond acceptors (Lipinski definition) is 3. The van der Waals surface area contributed by atoms with Gasteiger partial charge in [0, 0.05) is 22.3 Å².